The summed E-state index contributed by atoms with van der Waals surface area (Å²) in [5.41, 5.74) is 1.19. The van der Waals surface area contributed by atoms with Crippen LogP contribution in [0.5, 0.6) is 5.75 Å². The monoisotopic (exact) mass is 510 g/mol. The summed E-state index contributed by atoms with van der Waals surface area (Å²) >= 11 is 0. The van der Waals surface area contributed by atoms with Gasteiger partial charge in [0.05, 0.1) is 13.2 Å². The molecule has 1 spiro atoms. The van der Waals surface area contributed by atoms with E-state index in [-0.39, 0.29) is 23.7 Å². The Balaban J connectivity index is 1.37. The number of H-pyrrole nitrogens is 1. The summed E-state index contributed by atoms with van der Waals surface area (Å²) in [6.45, 7) is 0.307. The lowest BCUT2D eigenvalue weighted by atomic mass is 9.86. The van der Waals surface area contributed by atoms with Crippen LogP contribution >= 0.6 is 0 Å². The first-order valence-corrected chi connectivity index (χ1v) is 13.0. The smallest absolute Gasteiger partial charge is 0.270 e. The summed E-state index contributed by atoms with van der Waals surface area (Å²) in [4.78, 5) is 56.9. The van der Waals surface area contributed by atoms with Crippen molar-refractivity contribution in [2.45, 2.75) is 57.0 Å². The molecule has 5 rings (SSSR count). The molecule has 3 heterocycles. The number of aromatic nitrogens is 1. The molecule has 10 heteroatoms. The third-order valence-electron chi connectivity index (χ3n) is 8.26. The molecule has 1 saturated carbocycles. The third-order valence-corrected chi connectivity index (χ3v) is 8.26. The van der Waals surface area contributed by atoms with Gasteiger partial charge in [0.2, 0.25) is 11.8 Å². The van der Waals surface area contributed by atoms with E-state index in [1.807, 2.05) is 18.2 Å². The zero-order chi connectivity index (χ0) is 26.2. The minimum Gasteiger partial charge on any atom is -0.496 e. The van der Waals surface area contributed by atoms with Crippen molar-refractivity contribution < 1.29 is 29.0 Å². The fourth-order valence-corrected chi connectivity index (χ4v) is 5.81. The van der Waals surface area contributed by atoms with Crippen LogP contribution in [-0.2, 0) is 14.4 Å². The number of piperidine rings is 2. The lowest BCUT2D eigenvalue weighted by Crippen LogP contribution is -2.57. The highest BCUT2D eigenvalue weighted by Crippen LogP contribution is 2.55. The maximum atomic E-state index is 13.7. The Morgan fingerprint density at radius 1 is 1.27 bits per heavy atom. The molecule has 1 aromatic carbocycles. The number of carbonyl (C=O) groups is 4. The van der Waals surface area contributed by atoms with Crippen molar-refractivity contribution in [1.82, 2.24) is 20.5 Å². The maximum absolute atomic E-state index is 13.7. The molecule has 1 unspecified atom stereocenters. The lowest BCUT2D eigenvalue weighted by molar-refractivity contribution is -0.134. The van der Waals surface area contributed by atoms with Gasteiger partial charge in [-0.05, 0) is 68.6 Å². The maximum Gasteiger partial charge on any atom is 0.270 e. The molecule has 1 aliphatic carbocycles. The highest BCUT2D eigenvalue weighted by Gasteiger charge is 2.51. The predicted molar refractivity (Wildman–Crippen MR) is 135 cm³/mol. The van der Waals surface area contributed by atoms with E-state index in [0.29, 0.717) is 37.4 Å². The van der Waals surface area contributed by atoms with Crippen LogP contribution < -0.4 is 15.4 Å². The Bertz CT molecular complexity index is 1220. The first-order chi connectivity index (χ1) is 17.8. The molecule has 37 heavy (non-hydrogen) atoms. The Labute approximate surface area is 215 Å². The number of aliphatic hydroxyl groups excluding tert-OH is 1. The second-order valence-electron chi connectivity index (χ2n) is 10.6. The van der Waals surface area contributed by atoms with Gasteiger partial charge in [-0.3, -0.25) is 19.2 Å². The van der Waals surface area contributed by atoms with Gasteiger partial charge in [-0.25, -0.2) is 0 Å². The molecule has 0 radical (unpaired) electrons. The van der Waals surface area contributed by atoms with E-state index in [9.17, 15) is 24.3 Å². The molecular weight excluding hydrogens is 476 g/mol. The van der Waals surface area contributed by atoms with Gasteiger partial charge in [-0.2, -0.15) is 0 Å². The van der Waals surface area contributed by atoms with Crippen molar-refractivity contribution in [3.05, 3.63) is 30.0 Å². The summed E-state index contributed by atoms with van der Waals surface area (Å²) in [6.07, 6.45) is 4.94. The number of ether oxygens (including phenoxy) is 1. The van der Waals surface area contributed by atoms with E-state index in [4.69, 9.17) is 4.74 Å². The predicted octanol–water partition coefficient (Wildman–Crippen LogP) is 1.52. The largest absolute Gasteiger partial charge is 0.496 e. The molecule has 198 valence electrons. The zero-order valence-electron chi connectivity index (χ0n) is 21.0. The number of methoxy groups -OCH3 is 1. The number of aliphatic hydroxyl groups is 1. The van der Waals surface area contributed by atoms with Gasteiger partial charge in [0.15, 0.2) is 5.78 Å². The van der Waals surface area contributed by atoms with E-state index in [0.717, 1.165) is 36.6 Å². The van der Waals surface area contributed by atoms with Gasteiger partial charge in [0.1, 0.15) is 24.1 Å². The van der Waals surface area contributed by atoms with Gasteiger partial charge in [0.25, 0.3) is 5.91 Å². The first kappa shape index (κ1) is 25.3. The van der Waals surface area contributed by atoms with E-state index in [1.165, 1.54) is 0 Å². The van der Waals surface area contributed by atoms with Crippen LogP contribution in [0.2, 0.25) is 0 Å². The highest BCUT2D eigenvalue weighted by molar-refractivity contribution is 6.02. The molecule has 1 aromatic heterocycles. The average Bonchev–Trinajstić information content (AvgIpc) is 3.51. The van der Waals surface area contributed by atoms with Crippen molar-refractivity contribution >= 4 is 34.4 Å². The van der Waals surface area contributed by atoms with Gasteiger partial charge >= 0.3 is 0 Å². The number of nitrogens with zero attached hydrogens (tertiary/aromatic N) is 1. The number of amides is 3. The molecule has 3 amide bonds. The Hall–Kier alpha value is -3.40. The Kier molecular flexibility index (Phi) is 6.94. The fraction of sp³-hybridized carbons (Fsp3) is 0.556. The molecule has 3 atom stereocenters. The third kappa shape index (κ3) is 5.07. The number of likely N-dealkylation sites (tertiary alicyclic amines) is 1. The Morgan fingerprint density at radius 2 is 2.08 bits per heavy atom. The number of rotatable bonds is 8. The summed E-state index contributed by atoms with van der Waals surface area (Å²) in [5, 5.41) is 15.9. The van der Waals surface area contributed by atoms with Crippen LogP contribution in [0.25, 0.3) is 10.9 Å². The minimum absolute atomic E-state index is 0.0577. The van der Waals surface area contributed by atoms with Crippen LogP contribution in [0.15, 0.2) is 24.3 Å². The van der Waals surface area contributed by atoms with Crippen LogP contribution in [0.1, 0.15) is 55.4 Å². The van der Waals surface area contributed by atoms with Crippen LogP contribution in [-0.4, -0.2) is 77.4 Å². The molecule has 0 bridgehead atoms. The average molecular weight is 511 g/mol. The van der Waals surface area contributed by atoms with Gasteiger partial charge in [-0.15, -0.1) is 0 Å². The highest BCUT2D eigenvalue weighted by atomic mass is 16.5. The standard InChI is InChI=1S/C27H34N4O6/c1-37-23-6-2-5-18-17(23)13-20(29-18)26(36)31-11-9-27(7-8-27)14-21(31)25(35)30-19(22(33)15-32)12-16-4-3-10-28-24(16)34/h2,5-6,13,16,19,21,29,32H,3-4,7-12,14-15H2,1H3,(H,28,34)(H,30,35)/t16?,19-,21-/m0/s1. The van der Waals surface area contributed by atoms with E-state index >= 15 is 0 Å². The Morgan fingerprint density at radius 3 is 2.78 bits per heavy atom. The number of aromatic amines is 1. The van der Waals surface area contributed by atoms with Gasteiger partial charge in [0, 0.05) is 29.9 Å². The number of hydrogen-bond donors (Lipinski definition) is 4. The number of Topliss-reactive ketones (excluding diaryl/α,β-unsaturated/α-hetero) is 1. The van der Waals surface area contributed by atoms with Crippen molar-refractivity contribution in [3.63, 3.8) is 0 Å². The van der Waals surface area contributed by atoms with Crippen LogP contribution in [0, 0.1) is 11.3 Å². The fourth-order valence-electron chi connectivity index (χ4n) is 5.81. The van der Waals surface area contributed by atoms with E-state index < -0.39 is 36.3 Å². The number of nitrogens with one attached hydrogen (secondary N) is 3. The molecule has 3 fully saturated rings. The molecule has 4 N–H and O–H groups in total. The zero-order valence-corrected chi connectivity index (χ0v) is 21.0. The lowest BCUT2D eigenvalue weighted by Gasteiger charge is -2.39. The van der Waals surface area contributed by atoms with Crippen LogP contribution in [0.3, 0.4) is 0 Å². The molecule has 2 saturated heterocycles. The van der Waals surface area contributed by atoms with Gasteiger partial charge < -0.3 is 30.4 Å². The van der Waals surface area contributed by atoms with Gasteiger partial charge in [-0.1, -0.05) is 6.07 Å². The van der Waals surface area contributed by atoms with Crippen molar-refractivity contribution in [2.24, 2.45) is 11.3 Å². The second-order valence-corrected chi connectivity index (χ2v) is 10.6. The van der Waals surface area contributed by atoms with Crippen molar-refractivity contribution in [2.75, 3.05) is 26.8 Å². The quantitative estimate of drug-likeness (QED) is 0.425. The summed E-state index contributed by atoms with van der Waals surface area (Å²) < 4.78 is 5.42. The second kappa shape index (κ2) is 10.2. The topological polar surface area (TPSA) is 141 Å². The first-order valence-electron chi connectivity index (χ1n) is 13.0. The molecular formula is C27H34N4O6. The van der Waals surface area contributed by atoms with Crippen molar-refractivity contribution in [1.29, 1.82) is 0 Å². The normalized spacial score (nSPS) is 23.4. The van der Waals surface area contributed by atoms with Crippen LogP contribution in [0.4, 0.5) is 0 Å². The minimum atomic E-state index is -0.988. The summed E-state index contributed by atoms with van der Waals surface area (Å²) in [5.74, 6) is -1.15. The number of ketones is 1. The van der Waals surface area contributed by atoms with E-state index in [2.05, 4.69) is 15.6 Å². The number of carbonyl (C=O) groups excluding carboxylic acids is 4. The molecule has 10 nitrogen and oxygen atoms in total. The SMILES string of the molecule is COc1cccc2[nH]c(C(=O)N3CCC4(CC4)C[C@H]3C(=O)N[C@@H](CC3CCCNC3=O)C(=O)CO)cc12. The summed E-state index contributed by atoms with van der Waals surface area (Å²) in [6, 6.07) is 5.53. The number of hydrogen-bond acceptors (Lipinski definition) is 6. The number of benzene rings is 1. The molecule has 2 aromatic rings. The summed E-state index contributed by atoms with van der Waals surface area (Å²) in [7, 11) is 1.57. The molecule has 2 aliphatic heterocycles. The van der Waals surface area contributed by atoms with Crippen molar-refractivity contribution in [3.8, 4) is 5.75 Å². The van der Waals surface area contributed by atoms with E-state index in [1.54, 1.807) is 18.1 Å². The number of fused-ring (bicyclic) bond motifs is 1. The molecule has 3 aliphatic rings.